The lowest BCUT2D eigenvalue weighted by molar-refractivity contribution is 0.0345. The van der Waals surface area contributed by atoms with E-state index in [0.717, 1.165) is 42.5 Å². The molecule has 2 atom stereocenters. The Morgan fingerprint density at radius 3 is 2.38 bits per heavy atom. The number of carbonyl (C=O) groups excluding carboxylic acids is 1. The molecule has 0 aliphatic carbocycles. The molecule has 0 unspecified atom stereocenters. The molecule has 1 amide bonds. The highest BCUT2D eigenvalue weighted by molar-refractivity contribution is 5.94. The zero-order chi connectivity index (χ0) is 22.1. The van der Waals surface area contributed by atoms with Crippen LogP contribution < -0.4 is 9.47 Å². The molecule has 3 aromatic rings. The van der Waals surface area contributed by atoms with Gasteiger partial charge in [-0.3, -0.25) is 9.78 Å². The van der Waals surface area contributed by atoms with Gasteiger partial charge in [0.2, 0.25) is 11.8 Å². The van der Waals surface area contributed by atoms with Crippen LogP contribution in [0.2, 0.25) is 0 Å². The summed E-state index contributed by atoms with van der Waals surface area (Å²) in [4.78, 5) is 28.0. The maximum absolute atomic E-state index is 13.1. The SMILES string of the molecule is Cc1ncccc1Oc1ncnc(OC2C[C@@H]3CC[C@@H](C2)N3C(=O)c2ccccc2)c1C. The molecule has 4 heterocycles. The number of benzene rings is 1. The van der Waals surface area contributed by atoms with E-state index in [9.17, 15) is 4.79 Å². The summed E-state index contributed by atoms with van der Waals surface area (Å²) in [6.45, 7) is 3.79. The van der Waals surface area contributed by atoms with Crippen LogP contribution in [0.4, 0.5) is 0 Å². The van der Waals surface area contributed by atoms with Crippen molar-refractivity contribution in [2.24, 2.45) is 0 Å². The second-order valence-electron chi connectivity index (χ2n) is 8.47. The summed E-state index contributed by atoms with van der Waals surface area (Å²) < 4.78 is 12.3. The number of amides is 1. The Balaban J connectivity index is 1.29. The molecule has 2 saturated heterocycles. The summed E-state index contributed by atoms with van der Waals surface area (Å²) in [5.41, 5.74) is 2.30. The molecule has 0 radical (unpaired) electrons. The lowest BCUT2D eigenvalue weighted by Crippen LogP contribution is -2.49. The van der Waals surface area contributed by atoms with E-state index in [1.807, 2.05) is 56.3 Å². The lowest BCUT2D eigenvalue weighted by atomic mass is 9.98. The third-order valence-corrected chi connectivity index (χ3v) is 6.38. The summed E-state index contributed by atoms with van der Waals surface area (Å²) >= 11 is 0. The number of piperidine rings is 1. The Kier molecular flexibility index (Phi) is 5.47. The van der Waals surface area contributed by atoms with E-state index in [1.54, 1.807) is 6.20 Å². The van der Waals surface area contributed by atoms with Gasteiger partial charge in [-0.15, -0.1) is 0 Å². The van der Waals surface area contributed by atoms with Crippen LogP contribution >= 0.6 is 0 Å². The average molecular weight is 431 g/mol. The number of rotatable bonds is 5. The average Bonchev–Trinajstić information content (AvgIpc) is 3.08. The molecule has 1 aromatic carbocycles. The van der Waals surface area contributed by atoms with Crippen LogP contribution in [0.1, 0.15) is 47.3 Å². The van der Waals surface area contributed by atoms with Gasteiger partial charge in [0, 0.05) is 36.7 Å². The fraction of sp³-hybridized carbons (Fsp3) is 0.360. The lowest BCUT2D eigenvalue weighted by Gasteiger charge is -2.39. The number of fused-ring (bicyclic) bond motifs is 2. The first-order valence-corrected chi connectivity index (χ1v) is 11.1. The van der Waals surface area contributed by atoms with Gasteiger partial charge >= 0.3 is 0 Å². The minimum atomic E-state index is 0.00824. The summed E-state index contributed by atoms with van der Waals surface area (Å²) in [5, 5.41) is 0. The Bertz CT molecular complexity index is 1110. The molecule has 2 aromatic heterocycles. The molecule has 0 N–H and O–H groups in total. The minimum Gasteiger partial charge on any atom is -0.474 e. The van der Waals surface area contributed by atoms with Crippen molar-refractivity contribution in [1.29, 1.82) is 0 Å². The fourth-order valence-corrected chi connectivity index (χ4v) is 4.76. The summed E-state index contributed by atoms with van der Waals surface area (Å²) in [6.07, 6.45) is 6.83. The van der Waals surface area contributed by atoms with Crippen molar-refractivity contribution < 1.29 is 14.3 Å². The zero-order valence-electron chi connectivity index (χ0n) is 18.3. The van der Waals surface area contributed by atoms with Gasteiger partial charge in [0.25, 0.3) is 5.91 Å². The van der Waals surface area contributed by atoms with Crippen LogP contribution in [0.25, 0.3) is 0 Å². The van der Waals surface area contributed by atoms with Gasteiger partial charge in [-0.2, -0.15) is 0 Å². The number of carbonyl (C=O) groups is 1. The highest BCUT2D eigenvalue weighted by Gasteiger charge is 2.44. The molecule has 5 rings (SSSR count). The van der Waals surface area contributed by atoms with Crippen LogP contribution in [0.3, 0.4) is 0 Å². The molecule has 2 aliphatic heterocycles. The largest absolute Gasteiger partial charge is 0.474 e. The first kappa shape index (κ1) is 20.4. The zero-order valence-corrected chi connectivity index (χ0v) is 18.3. The van der Waals surface area contributed by atoms with Gasteiger partial charge in [0.15, 0.2) is 5.75 Å². The van der Waals surface area contributed by atoms with E-state index >= 15 is 0 Å². The maximum Gasteiger partial charge on any atom is 0.254 e. The number of pyridine rings is 1. The minimum absolute atomic E-state index is 0.00824. The van der Waals surface area contributed by atoms with E-state index < -0.39 is 0 Å². The van der Waals surface area contributed by atoms with Crippen LogP contribution in [0.15, 0.2) is 55.0 Å². The highest BCUT2D eigenvalue weighted by Crippen LogP contribution is 2.39. The number of nitrogens with zero attached hydrogens (tertiary/aromatic N) is 4. The number of hydrogen-bond donors (Lipinski definition) is 0. The van der Waals surface area contributed by atoms with Crippen molar-refractivity contribution in [3.8, 4) is 17.5 Å². The molecule has 0 spiro atoms. The summed E-state index contributed by atoms with van der Waals surface area (Å²) in [5.74, 6) is 1.78. The first-order valence-electron chi connectivity index (χ1n) is 11.1. The number of aromatic nitrogens is 3. The van der Waals surface area contributed by atoms with Crippen LogP contribution in [-0.2, 0) is 0 Å². The van der Waals surface area contributed by atoms with Gasteiger partial charge in [0.05, 0.1) is 11.3 Å². The standard InChI is InChI=1S/C25H26N4O3/c1-16-23(27-15-28-24(16)32-22-9-6-12-26-17(22)2)31-21-13-19-10-11-20(14-21)29(19)25(30)18-7-4-3-5-8-18/h3-9,12,15,19-21H,10-11,13-14H2,1-2H3/t19-,20-/m0/s1. The van der Waals surface area contributed by atoms with E-state index in [4.69, 9.17) is 9.47 Å². The molecule has 7 heteroatoms. The fourth-order valence-electron chi connectivity index (χ4n) is 4.76. The van der Waals surface area contributed by atoms with Crippen molar-refractivity contribution in [1.82, 2.24) is 19.9 Å². The number of aryl methyl sites for hydroxylation is 1. The van der Waals surface area contributed by atoms with Crippen LogP contribution in [-0.4, -0.2) is 43.9 Å². The highest BCUT2D eigenvalue weighted by atomic mass is 16.5. The summed E-state index contributed by atoms with van der Waals surface area (Å²) in [7, 11) is 0. The summed E-state index contributed by atoms with van der Waals surface area (Å²) in [6, 6.07) is 13.6. The Labute approximate surface area is 187 Å². The predicted molar refractivity (Wildman–Crippen MR) is 119 cm³/mol. The third kappa shape index (κ3) is 3.90. The van der Waals surface area contributed by atoms with Crippen molar-refractivity contribution in [3.05, 3.63) is 71.8 Å². The number of hydrogen-bond acceptors (Lipinski definition) is 6. The quantitative estimate of drug-likeness (QED) is 0.593. The Morgan fingerprint density at radius 1 is 0.938 bits per heavy atom. The normalized spacial score (nSPS) is 21.9. The monoisotopic (exact) mass is 430 g/mol. The smallest absolute Gasteiger partial charge is 0.254 e. The Morgan fingerprint density at radius 2 is 1.66 bits per heavy atom. The molecular weight excluding hydrogens is 404 g/mol. The molecular formula is C25H26N4O3. The van der Waals surface area contributed by atoms with E-state index in [-0.39, 0.29) is 24.1 Å². The number of ether oxygens (including phenoxy) is 2. The van der Waals surface area contributed by atoms with Crippen molar-refractivity contribution in [2.45, 2.75) is 57.7 Å². The topological polar surface area (TPSA) is 77.4 Å². The van der Waals surface area contributed by atoms with Gasteiger partial charge in [-0.25, -0.2) is 9.97 Å². The molecule has 7 nitrogen and oxygen atoms in total. The van der Waals surface area contributed by atoms with Gasteiger partial charge < -0.3 is 14.4 Å². The second kappa shape index (κ2) is 8.57. The van der Waals surface area contributed by atoms with Gasteiger partial charge in [-0.1, -0.05) is 18.2 Å². The van der Waals surface area contributed by atoms with Crippen molar-refractivity contribution >= 4 is 5.91 Å². The molecule has 2 bridgehead atoms. The van der Waals surface area contributed by atoms with Crippen LogP contribution in [0.5, 0.6) is 17.5 Å². The molecule has 164 valence electrons. The van der Waals surface area contributed by atoms with Gasteiger partial charge in [0.1, 0.15) is 12.4 Å². The molecule has 0 saturated carbocycles. The Hall–Kier alpha value is -3.48. The second-order valence-corrected chi connectivity index (χ2v) is 8.47. The molecule has 32 heavy (non-hydrogen) atoms. The van der Waals surface area contributed by atoms with E-state index in [2.05, 4.69) is 19.9 Å². The predicted octanol–water partition coefficient (Wildman–Crippen LogP) is 4.50. The maximum atomic E-state index is 13.1. The van der Waals surface area contributed by atoms with Crippen molar-refractivity contribution in [2.75, 3.05) is 0 Å². The van der Waals surface area contributed by atoms with Crippen LogP contribution in [0, 0.1) is 13.8 Å². The molecule has 2 aliphatic rings. The van der Waals surface area contributed by atoms with E-state index in [0.29, 0.717) is 17.5 Å². The molecule has 2 fully saturated rings. The first-order chi connectivity index (χ1) is 15.6. The van der Waals surface area contributed by atoms with E-state index in [1.165, 1.54) is 6.33 Å². The third-order valence-electron chi connectivity index (χ3n) is 6.38. The van der Waals surface area contributed by atoms with Gasteiger partial charge in [-0.05, 0) is 51.0 Å². The van der Waals surface area contributed by atoms with Crippen molar-refractivity contribution in [3.63, 3.8) is 0 Å².